The molecule has 1 atom stereocenters. The molecule has 3 heteroatoms. The summed E-state index contributed by atoms with van der Waals surface area (Å²) in [6.45, 7) is 2.17. The molecule has 0 aliphatic heterocycles. The summed E-state index contributed by atoms with van der Waals surface area (Å²) in [7, 11) is 0. The highest BCUT2D eigenvalue weighted by molar-refractivity contribution is 5.53. The van der Waals surface area contributed by atoms with Crippen LogP contribution < -0.4 is 5.32 Å². The van der Waals surface area contributed by atoms with Crippen LogP contribution in [0.3, 0.4) is 0 Å². The summed E-state index contributed by atoms with van der Waals surface area (Å²) in [5.74, 6) is 0.854. The molecule has 2 aromatic carbocycles. The third-order valence-corrected chi connectivity index (χ3v) is 3.40. The van der Waals surface area contributed by atoms with Gasteiger partial charge in [-0.25, -0.2) is 4.98 Å². The zero-order valence-electron chi connectivity index (χ0n) is 11.4. The van der Waals surface area contributed by atoms with Gasteiger partial charge >= 0.3 is 0 Å². The molecule has 1 aromatic heterocycles. The molecule has 0 bridgehead atoms. The first-order chi connectivity index (χ1) is 9.84. The average molecular weight is 263 g/mol. The lowest BCUT2D eigenvalue weighted by atomic mass is 10.1. The van der Waals surface area contributed by atoms with Crippen molar-refractivity contribution >= 4 is 11.6 Å². The summed E-state index contributed by atoms with van der Waals surface area (Å²) in [5.41, 5.74) is 2.31. The maximum atomic E-state index is 4.41. The Balaban J connectivity index is 1.87. The smallest absolute Gasteiger partial charge is 0.207 e. The SMILES string of the molecule is CC(c1ccccc1)n1ccnc1Nc1ccccc1. The molecule has 1 heterocycles. The third kappa shape index (κ3) is 2.57. The second-order valence-electron chi connectivity index (χ2n) is 4.74. The molecule has 1 N–H and O–H groups in total. The van der Waals surface area contributed by atoms with E-state index in [-0.39, 0.29) is 6.04 Å². The Hall–Kier alpha value is -2.55. The molecule has 3 nitrogen and oxygen atoms in total. The Morgan fingerprint density at radius 2 is 1.60 bits per heavy atom. The number of aromatic nitrogens is 2. The van der Waals surface area contributed by atoms with E-state index in [2.05, 4.69) is 46.1 Å². The lowest BCUT2D eigenvalue weighted by molar-refractivity contribution is 0.647. The van der Waals surface area contributed by atoms with E-state index in [1.54, 1.807) is 0 Å². The van der Waals surface area contributed by atoms with E-state index in [0.717, 1.165) is 11.6 Å². The second kappa shape index (κ2) is 5.61. The maximum Gasteiger partial charge on any atom is 0.207 e. The minimum Gasteiger partial charge on any atom is -0.326 e. The molecule has 20 heavy (non-hydrogen) atoms. The highest BCUT2D eigenvalue weighted by atomic mass is 15.2. The molecule has 0 aliphatic carbocycles. The molecule has 0 fully saturated rings. The van der Waals surface area contributed by atoms with Crippen LogP contribution in [-0.4, -0.2) is 9.55 Å². The van der Waals surface area contributed by atoms with Gasteiger partial charge in [0.25, 0.3) is 0 Å². The normalized spacial score (nSPS) is 12.1. The van der Waals surface area contributed by atoms with Gasteiger partial charge in [0.05, 0.1) is 6.04 Å². The Labute approximate surface area is 118 Å². The fourth-order valence-corrected chi connectivity index (χ4v) is 2.27. The fourth-order valence-electron chi connectivity index (χ4n) is 2.27. The lowest BCUT2D eigenvalue weighted by Gasteiger charge is -2.17. The highest BCUT2D eigenvalue weighted by Gasteiger charge is 2.11. The maximum absolute atomic E-state index is 4.41. The van der Waals surface area contributed by atoms with E-state index in [1.807, 2.05) is 48.8 Å². The van der Waals surface area contributed by atoms with Crippen LogP contribution in [0.4, 0.5) is 11.6 Å². The van der Waals surface area contributed by atoms with E-state index >= 15 is 0 Å². The minimum absolute atomic E-state index is 0.241. The van der Waals surface area contributed by atoms with Gasteiger partial charge in [-0.1, -0.05) is 48.5 Å². The van der Waals surface area contributed by atoms with Crippen molar-refractivity contribution in [1.82, 2.24) is 9.55 Å². The molecule has 1 unspecified atom stereocenters. The van der Waals surface area contributed by atoms with Gasteiger partial charge in [0.1, 0.15) is 0 Å². The highest BCUT2D eigenvalue weighted by Crippen LogP contribution is 2.23. The van der Waals surface area contributed by atoms with Crippen molar-refractivity contribution in [1.29, 1.82) is 0 Å². The van der Waals surface area contributed by atoms with Gasteiger partial charge in [-0.15, -0.1) is 0 Å². The second-order valence-corrected chi connectivity index (χ2v) is 4.74. The minimum atomic E-state index is 0.241. The van der Waals surface area contributed by atoms with Crippen LogP contribution in [-0.2, 0) is 0 Å². The van der Waals surface area contributed by atoms with Crippen molar-refractivity contribution in [3.63, 3.8) is 0 Å². The van der Waals surface area contributed by atoms with Crippen LogP contribution in [0, 0.1) is 0 Å². The van der Waals surface area contributed by atoms with E-state index in [1.165, 1.54) is 5.56 Å². The molecule has 0 saturated carbocycles. The van der Waals surface area contributed by atoms with Gasteiger partial charge < -0.3 is 9.88 Å². The van der Waals surface area contributed by atoms with Gasteiger partial charge in [0.2, 0.25) is 5.95 Å². The fraction of sp³-hybridized carbons (Fsp3) is 0.118. The monoisotopic (exact) mass is 263 g/mol. The largest absolute Gasteiger partial charge is 0.326 e. The molecule has 0 amide bonds. The van der Waals surface area contributed by atoms with Crippen LogP contribution in [0.25, 0.3) is 0 Å². The number of nitrogens with zero attached hydrogens (tertiary/aromatic N) is 2. The molecule has 0 aliphatic rings. The summed E-state index contributed by atoms with van der Waals surface area (Å²) in [5, 5.41) is 3.36. The number of benzene rings is 2. The standard InChI is InChI=1S/C17H17N3/c1-14(15-8-4-2-5-9-15)20-13-12-18-17(20)19-16-10-6-3-7-11-16/h2-14H,1H3,(H,18,19). The van der Waals surface area contributed by atoms with Gasteiger partial charge in [0.15, 0.2) is 0 Å². The Kier molecular flexibility index (Phi) is 3.50. The molecule has 3 rings (SSSR count). The zero-order valence-corrected chi connectivity index (χ0v) is 11.4. The predicted molar refractivity (Wildman–Crippen MR) is 82.2 cm³/mol. The zero-order chi connectivity index (χ0) is 13.8. The van der Waals surface area contributed by atoms with Gasteiger partial charge in [-0.05, 0) is 24.6 Å². The van der Waals surface area contributed by atoms with E-state index < -0.39 is 0 Å². The summed E-state index contributed by atoms with van der Waals surface area (Å²) in [6, 6.07) is 20.8. The molecule has 0 saturated heterocycles. The van der Waals surface area contributed by atoms with Crippen molar-refractivity contribution in [2.45, 2.75) is 13.0 Å². The van der Waals surface area contributed by atoms with Crippen LogP contribution in [0.15, 0.2) is 73.1 Å². The van der Waals surface area contributed by atoms with Crippen molar-refractivity contribution < 1.29 is 0 Å². The number of anilines is 2. The van der Waals surface area contributed by atoms with Crippen LogP contribution in [0.1, 0.15) is 18.5 Å². The first kappa shape index (κ1) is 12.5. The molecular weight excluding hydrogens is 246 g/mol. The molecule has 100 valence electrons. The first-order valence-corrected chi connectivity index (χ1v) is 6.74. The quantitative estimate of drug-likeness (QED) is 0.763. The number of hydrogen-bond acceptors (Lipinski definition) is 2. The van der Waals surface area contributed by atoms with Crippen LogP contribution >= 0.6 is 0 Å². The Bertz CT molecular complexity index is 659. The number of rotatable bonds is 4. The molecule has 3 aromatic rings. The summed E-state index contributed by atoms with van der Waals surface area (Å²) < 4.78 is 2.14. The number of para-hydroxylation sites is 1. The van der Waals surface area contributed by atoms with Crippen molar-refractivity contribution in [3.8, 4) is 0 Å². The van der Waals surface area contributed by atoms with Gasteiger partial charge in [0, 0.05) is 18.1 Å². The average Bonchev–Trinajstić information content (AvgIpc) is 2.96. The number of imidazole rings is 1. The summed E-state index contributed by atoms with van der Waals surface area (Å²) in [6.07, 6.45) is 3.83. The topological polar surface area (TPSA) is 29.9 Å². The lowest BCUT2D eigenvalue weighted by Crippen LogP contribution is -2.09. The molecule has 0 spiro atoms. The van der Waals surface area contributed by atoms with E-state index in [9.17, 15) is 0 Å². The first-order valence-electron chi connectivity index (χ1n) is 6.74. The Morgan fingerprint density at radius 1 is 0.950 bits per heavy atom. The third-order valence-electron chi connectivity index (χ3n) is 3.40. The van der Waals surface area contributed by atoms with Crippen molar-refractivity contribution in [2.75, 3.05) is 5.32 Å². The number of hydrogen-bond donors (Lipinski definition) is 1. The van der Waals surface area contributed by atoms with Crippen LogP contribution in [0.2, 0.25) is 0 Å². The summed E-state index contributed by atoms with van der Waals surface area (Å²) in [4.78, 5) is 4.41. The number of nitrogens with one attached hydrogen (secondary N) is 1. The van der Waals surface area contributed by atoms with Crippen LogP contribution in [0.5, 0.6) is 0 Å². The molecule has 0 radical (unpaired) electrons. The van der Waals surface area contributed by atoms with E-state index in [4.69, 9.17) is 0 Å². The Morgan fingerprint density at radius 3 is 2.30 bits per heavy atom. The summed E-state index contributed by atoms with van der Waals surface area (Å²) >= 11 is 0. The van der Waals surface area contributed by atoms with Gasteiger partial charge in [-0.2, -0.15) is 0 Å². The van der Waals surface area contributed by atoms with Gasteiger partial charge in [-0.3, -0.25) is 0 Å². The molecular formula is C17H17N3. The van der Waals surface area contributed by atoms with E-state index in [0.29, 0.717) is 0 Å². The predicted octanol–water partition coefficient (Wildman–Crippen LogP) is 4.24. The van der Waals surface area contributed by atoms with Crippen molar-refractivity contribution in [2.24, 2.45) is 0 Å². The van der Waals surface area contributed by atoms with Crippen molar-refractivity contribution in [3.05, 3.63) is 78.6 Å².